The maximum absolute atomic E-state index is 14.5. The van der Waals surface area contributed by atoms with Crippen LogP contribution in [-0.2, 0) is 14.6 Å². The van der Waals surface area contributed by atoms with Crippen LogP contribution < -0.4 is 10.1 Å². The fraction of sp³-hybridized carbons (Fsp3) is 0.350. The molecule has 3 rings (SSSR count). The van der Waals surface area contributed by atoms with E-state index in [0.717, 1.165) is 12.1 Å². The number of anilines is 1. The maximum atomic E-state index is 14.5. The lowest BCUT2D eigenvalue weighted by molar-refractivity contribution is 0.102. The molecule has 30 heavy (non-hydrogen) atoms. The lowest BCUT2D eigenvalue weighted by Crippen LogP contribution is -2.19. The number of hydrogen-bond donors (Lipinski definition) is 1. The van der Waals surface area contributed by atoms with Crippen molar-refractivity contribution >= 4 is 34.9 Å². The van der Waals surface area contributed by atoms with E-state index in [4.69, 9.17) is 9.47 Å². The number of ether oxygens (including phenoxy) is 2. The molecule has 0 unspecified atom stereocenters. The van der Waals surface area contributed by atoms with Crippen molar-refractivity contribution in [1.29, 1.82) is 0 Å². The third kappa shape index (κ3) is 5.30. The van der Waals surface area contributed by atoms with Crippen molar-refractivity contribution in [2.24, 2.45) is 5.92 Å². The number of nitrogens with one attached hydrogen (secondary N) is 1. The molecule has 1 aliphatic rings. The van der Waals surface area contributed by atoms with Crippen molar-refractivity contribution in [3.63, 3.8) is 0 Å². The SMILES string of the molecule is COc1c(F)cc(S(=O)(=O)C[C@H]2CCOC2)cc1C(=O)Nc1ccc(F)c(C)c1.S. The molecule has 1 fully saturated rings. The topological polar surface area (TPSA) is 81.7 Å². The van der Waals surface area contributed by atoms with E-state index in [1.807, 2.05) is 0 Å². The van der Waals surface area contributed by atoms with Gasteiger partial charge in [-0.1, -0.05) is 0 Å². The summed E-state index contributed by atoms with van der Waals surface area (Å²) in [5.74, 6) is -2.91. The minimum Gasteiger partial charge on any atom is -0.493 e. The molecule has 1 aliphatic heterocycles. The summed E-state index contributed by atoms with van der Waals surface area (Å²) in [7, 11) is -2.66. The maximum Gasteiger partial charge on any atom is 0.259 e. The van der Waals surface area contributed by atoms with Gasteiger partial charge in [-0.25, -0.2) is 17.2 Å². The lowest BCUT2D eigenvalue weighted by atomic mass is 10.1. The summed E-state index contributed by atoms with van der Waals surface area (Å²) in [6, 6.07) is 5.90. The summed E-state index contributed by atoms with van der Waals surface area (Å²) in [5.41, 5.74) is 0.333. The predicted octanol–water partition coefficient (Wildman–Crippen LogP) is 3.46. The van der Waals surface area contributed by atoms with Crippen LogP contribution in [0.25, 0.3) is 0 Å². The van der Waals surface area contributed by atoms with Gasteiger partial charge in [-0.15, -0.1) is 0 Å². The first-order chi connectivity index (χ1) is 13.7. The molecule has 1 atom stereocenters. The van der Waals surface area contributed by atoms with E-state index in [0.29, 0.717) is 25.2 Å². The fourth-order valence-corrected chi connectivity index (χ4v) is 4.82. The summed E-state index contributed by atoms with van der Waals surface area (Å²) in [6.07, 6.45) is 0.606. The van der Waals surface area contributed by atoms with Crippen LogP contribution >= 0.6 is 13.5 Å². The molecule has 1 heterocycles. The Morgan fingerprint density at radius 2 is 1.97 bits per heavy atom. The van der Waals surface area contributed by atoms with Gasteiger partial charge in [-0.3, -0.25) is 4.79 Å². The number of carbonyl (C=O) groups excluding carboxylic acids is 1. The molecule has 164 valence electrons. The lowest BCUT2D eigenvalue weighted by Gasteiger charge is -2.14. The van der Waals surface area contributed by atoms with Gasteiger partial charge in [-0.2, -0.15) is 13.5 Å². The van der Waals surface area contributed by atoms with Crippen molar-refractivity contribution in [2.75, 3.05) is 31.4 Å². The van der Waals surface area contributed by atoms with E-state index < -0.39 is 27.4 Å². The molecule has 1 N–H and O–H groups in total. The van der Waals surface area contributed by atoms with Gasteiger partial charge in [0.1, 0.15) is 5.82 Å². The number of amides is 1. The quantitative estimate of drug-likeness (QED) is 0.716. The van der Waals surface area contributed by atoms with Gasteiger partial charge in [0.2, 0.25) is 0 Å². The van der Waals surface area contributed by atoms with Crippen LogP contribution in [0.2, 0.25) is 0 Å². The number of rotatable bonds is 6. The van der Waals surface area contributed by atoms with Crippen LogP contribution in [0.5, 0.6) is 5.75 Å². The zero-order valence-corrected chi connectivity index (χ0v) is 18.3. The Labute approximate surface area is 180 Å². The fourth-order valence-electron chi connectivity index (χ4n) is 3.17. The van der Waals surface area contributed by atoms with Gasteiger partial charge in [0.15, 0.2) is 21.4 Å². The largest absolute Gasteiger partial charge is 0.493 e. The Morgan fingerprint density at radius 3 is 2.57 bits per heavy atom. The molecular weight excluding hydrogens is 436 g/mol. The number of sulfone groups is 1. The Hall–Kier alpha value is -2.17. The monoisotopic (exact) mass is 459 g/mol. The Morgan fingerprint density at radius 1 is 1.23 bits per heavy atom. The van der Waals surface area contributed by atoms with E-state index in [1.165, 1.54) is 32.2 Å². The standard InChI is InChI=1S/C20H21F2NO5S.H2S/c1-12-7-14(3-4-17(12)21)23-20(24)16-8-15(9-18(22)19(16)27-2)29(25,26)11-13-5-6-28-10-13;/h3-4,7-9,13H,5-6,10-11H2,1-2H3,(H,23,24);1H2/t13-;/m0./s1. The van der Waals surface area contributed by atoms with Gasteiger partial charge in [0.05, 0.1) is 29.9 Å². The molecule has 0 spiro atoms. The van der Waals surface area contributed by atoms with Crippen molar-refractivity contribution < 1.29 is 31.5 Å². The molecule has 2 aromatic carbocycles. The Kier molecular flexibility index (Phi) is 7.84. The molecule has 0 aromatic heterocycles. The smallest absolute Gasteiger partial charge is 0.259 e. The Bertz CT molecular complexity index is 1040. The predicted molar refractivity (Wildman–Crippen MR) is 113 cm³/mol. The van der Waals surface area contributed by atoms with Gasteiger partial charge in [-0.05, 0) is 55.2 Å². The molecule has 0 radical (unpaired) electrons. The second-order valence-electron chi connectivity index (χ2n) is 6.92. The molecular formula is C20H23F2NO5S2. The van der Waals surface area contributed by atoms with Crippen molar-refractivity contribution in [2.45, 2.75) is 18.2 Å². The highest BCUT2D eigenvalue weighted by Gasteiger charge is 2.28. The highest BCUT2D eigenvalue weighted by molar-refractivity contribution is 7.91. The summed E-state index contributed by atoms with van der Waals surface area (Å²) in [5, 5.41) is 2.51. The molecule has 1 amide bonds. The summed E-state index contributed by atoms with van der Waals surface area (Å²) in [6.45, 7) is 2.35. The molecule has 0 saturated carbocycles. The molecule has 1 saturated heterocycles. The number of hydrogen-bond acceptors (Lipinski definition) is 5. The summed E-state index contributed by atoms with van der Waals surface area (Å²) < 4.78 is 63.6. The summed E-state index contributed by atoms with van der Waals surface area (Å²) in [4.78, 5) is 12.4. The van der Waals surface area contributed by atoms with Gasteiger partial charge >= 0.3 is 0 Å². The van der Waals surface area contributed by atoms with E-state index in [2.05, 4.69) is 5.32 Å². The first-order valence-electron chi connectivity index (χ1n) is 8.97. The highest BCUT2D eigenvalue weighted by Crippen LogP contribution is 2.29. The zero-order valence-electron chi connectivity index (χ0n) is 16.5. The van der Waals surface area contributed by atoms with Crippen LogP contribution in [0.1, 0.15) is 22.3 Å². The van der Waals surface area contributed by atoms with Crippen LogP contribution in [0.15, 0.2) is 35.2 Å². The van der Waals surface area contributed by atoms with E-state index in [-0.39, 0.29) is 47.1 Å². The van der Waals surface area contributed by atoms with Gasteiger partial charge < -0.3 is 14.8 Å². The molecule has 2 aromatic rings. The third-order valence-corrected chi connectivity index (χ3v) is 6.58. The van der Waals surface area contributed by atoms with Crippen LogP contribution in [-0.4, -0.2) is 40.4 Å². The number of carbonyl (C=O) groups is 1. The number of halogens is 2. The number of benzene rings is 2. The average molecular weight is 460 g/mol. The Balaban J connectivity index is 0.00000320. The van der Waals surface area contributed by atoms with Crippen molar-refractivity contribution in [3.05, 3.63) is 53.1 Å². The van der Waals surface area contributed by atoms with Crippen molar-refractivity contribution in [3.8, 4) is 5.75 Å². The first kappa shape index (κ1) is 24.1. The zero-order chi connectivity index (χ0) is 21.2. The molecule has 0 aliphatic carbocycles. The second kappa shape index (κ2) is 9.76. The minimum absolute atomic E-state index is 0. The van der Waals surface area contributed by atoms with Gasteiger partial charge in [0, 0.05) is 12.3 Å². The minimum atomic E-state index is -3.84. The van der Waals surface area contributed by atoms with Crippen LogP contribution in [0.3, 0.4) is 0 Å². The molecule has 0 bridgehead atoms. The third-order valence-electron chi connectivity index (χ3n) is 4.72. The number of aryl methyl sites for hydroxylation is 1. The number of methoxy groups -OCH3 is 1. The average Bonchev–Trinajstić information content (AvgIpc) is 3.16. The van der Waals surface area contributed by atoms with E-state index in [9.17, 15) is 22.0 Å². The van der Waals surface area contributed by atoms with Crippen LogP contribution in [0, 0.1) is 24.5 Å². The van der Waals surface area contributed by atoms with Gasteiger partial charge in [0.25, 0.3) is 5.91 Å². The normalized spacial score (nSPS) is 16.1. The van der Waals surface area contributed by atoms with Crippen LogP contribution in [0.4, 0.5) is 14.5 Å². The molecule has 10 heteroatoms. The first-order valence-corrected chi connectivity index (χ1v) is 10.6. The van der Waals surface area contributed by atoms with E-state index >= 15 is 0 Å². The summed E-state index contributed by atoms with van der Waals surface area (Å²) >= 11 is 0. The second-order valence-corrected chi connectivity index (χ2v) is 8.95. The van der Waals surface area contributed by atoms with E-state index in [1.54, 1.807) is 0 Å². The highest BCUT2D eigenvalue weighted by atomic mass is 32.2. The van der Waals surface area contributed by atoms with Crippen molar-refractivity contribution in [1.82, 2.24) is 0 Å². The molecule has 6 nitrogen and oxygen atoms in total.